The Balaban J connectivity index is 2.73. The first-order chi connectivity index (χ1) is 6.27. The monoisotopic (exact) mass is 181 g/mol. The van der Waals surface area contributed by atoms with Gasteiger partial charge in [0.25, 0.3) is 0 Å². The second kappa shape index (κ2) is 4.97. The van der Waals surface area contributed by atoms with E-state index in [0.29, 0.717) is 6.04 Å². The average molecular weight is 181 g/mol. The van der Waals surface area contributed by atoms with Crippen LogP contribution in [0.1, 0.15) is 31.4 Å². The lowest BCUT2D eigenvalue weighted by Gasteiger charge is -2.15. The number of nitrogens with one attached hydrogen (secondary N) is 1. The quantitative estimate of drug-likeness (QED) is 0.753. The van der Waals surface area contributed by atoms with Crippen molar-refractivity contribution >= 4 is 0 Å². The maximum Gasteiger partial charge on any atom is 0.123 e. The van der Waals surface area contributed by atoms with Gasteiger partial charge in [-0.2, -0.15) is 0 Å². The summed E-state index contributed by atoms with van der Waals surface area (Å²) in [5, 5.41) is 3.22. The highest BCUT2D eigenvalue weighted by atomic mass is 19.1. The van der Waals surface area contributed by atoms with Gasteiger partial charge in [-0.1, -0.05) is 25.5 Å². The highest BCUT2D eigenvalue weighted by Crippen LogP contribution is 2.17. The zero-order valence-corrected chi connectivity index (χ0v) is 8.18. The second-order valence-corrected chi connectivity index (χ2v) is 3.18. The molecule has 2 heteroatoms. The van der Waals surface area contributed by atoms with Gasteiger partial charge < -0.3 is 5.32 Å². The number of halogens is 1. The molecule has 0 aliphatic heterocycles. The van der Waals surface area contributed by atoms with Gasteiger partial charge in [0.1, 0.15) is 5.82 Å². The Morgan fingerprint density at radius 3 is 2.38 bits per heavy atom. The predicted molar refractivity (Wildman–Crippen MR) is 53.1 cm³/mol. The topological polar surface area (TPSA) is 12.0 Å². The van der Waals surface area contributed by atoms with E-state index in [1.165, 1.54) is 12.1 Å². The molecular weight excluding hydrogens is 165 g/mol. The number of hydrogen-bond donors (Lipinski definition) is 1. The van der Waals surface area contributed by atoms with Gasteiger partial charge in [-0.15, -0.1) is 0 Å². The van der Waals surface area contributed by atoms with E-state index in [0.717, 1.165) is 18.4 Å². The van der Waals surface area contributed by atoms with Gasteiger partial charge in [-0.25, -0.2) is 4.39 Å². The standard InChI is InChI=1S/C11H16FN/c1-3-4-11(13-2)9-5-7-10(12)8-6-9/h5-8,11,13H,3-4H2,1-2H3. The number of rotatable bonds is 4. The fourth-order valence-electron chi connectivity index (χ4n) is 1.46. The fraction of sp³-hybridized carbons (Fsp3) is 0.455. The minimum atomic E-state index is -0.171. The van der Waals surface area contributed by atoms with Crippen molar-refractivity contribution in [2.24, 2.45) is 0 Å². The Bertz CT molecular complexity index is 243. The Labute approximate surface area is 79.0 Å². The molecule has 0 fully saturated rings. The van der Waals surface area contributed by atoms with E-state index in [9.17, 15) is 4.39 Å². The minimum Gasteiger partial charge on any atom is -0.313 e. The summed E-state index contributed by atoms with van der Waals surface area (Å²) in [7, 11) is 1.93. The SMILES string of the molecule is CCCC(NC)c1ccc(F)cc1. The third-order valence-electron chi connectivity index (χ3n) is 2.20. The largest absolute Gasteiger partial charge is 0.313 e. The van der Waals surface area contributed by atoms with Crippen molar-refractivity contribution in [3.8, 4) is 0 Å². The lowest BCUT2D eigenvalue weighted by molar-refractivity contribution is 0.539. The zero-order valence-electron chi connectivity index (χ0n) is 8.18. The van der Waals surface area contributed by atoms with Crippen molar-refractivity contribution in [1.29, 1.82) is 0 Å². The molecule has 72 valence electrons. The Morgan fingerprint density at radius 1 is 1.31 bits per heavy atom. The van der Waals surface area contributed by atoms with Crippen LogP contribution in [0.15, 0.2) is 24.3 Å². The molecule has 1 unspecified atom stereocenters. The third kappa shape index (κ3) is 2.81. The normalized spacial score (nSPS) is 12.8. The highest BCUT2D eigenvalue weighted by molar-refractivity contribution is 5.19. The van der Waals surface area contributed by atoms with E-state index in [-0.39, 0.29) is 5.82 Å². The first kappa shape index (κ1) is 10.2. The summed E-state index contributed by atoms with van der Waals surface area (Å²) in [5.41, 5.74) is 1.16. The molecule has 0 radical (unpaired) electrons. The summed E-state index contributed by atoms with van der Waals surface area (Å²) < 4.78 is 12.6. The van der Waals surface area contributed by atoms with Gasteiger partial charge in [-0.05, 0) is 31.2 Å². The zero-order chi connectivity index (χ0) is 9.68. The van der Waals surface area contributed by atoms with Gasteiger partial charge >= 0.3 is 0 Å². The molecule has 0 spiro atoms. The summed E-state index contributed by atoms with van der Waals surface area (Å²) in [6, 6.07) is 7.05. The van der Waals surface area contributed by atoms with Crippen LogP contribution in [0.3, 0.4) is 0 Å². The molecule has 13 heavy (non-hydrogen) atoms. The van der Waals surface area contributed by atoms with Crippen LogP contribution < -0.4 is 5.32 Å². The van der Waals surface area contributed by atoms with Crippen LogP contribution >= 0.6 is 0 Å². The summed E-state index contributed by atoms with van der Waals surface area (Å²) in [4.78, 5) is 0. The Hall–Kier alpha value is -0.890. The second-order valence-electron chi connectivity index (χ2n) is 3.18. The molecule has 1 N–H and O–H groups in total. The molecule has 0 amide bonds. The van der Waals surface area contributed by atoms with Crippen LogP contribution in [0.4, 0.5) is 4.39 Å². The maximum absolute atomic E-state index is 12.6. The van der Waals surface area contributed by atoms with E-state index in [1.807, 2.05) is 19.2 Å². The Kier molecular flexibility index (Phi) is 3.90. The molecule has 1 aromatic carbocycles. The first-order valence-corrected chi connectivity index (χ1v) is 4.70. The smallest absolute Gasteiger partial charge is 0.123 e. The van der Waals surface area contributed by atoms with Crippen molar-refractivity contribution < 1.29 is 4.39 Å². The van der Waals surface area contributed by atoms with E-state index in [2.05, 4.69) is 12.2 Å². The average Bonchev–Trinajstić information content (AvgIpc) is 2.16. The predicted octanol–water partition coefficient (Wildman–Crippen LogP) is 2.89. The molecule has 0 bridgehead atoms. The van der Waals surface area contributed by atoms with Crippen LogP contribution in [0.25, 0.3) is 0 Å². The first-order valence-electron chi connectivity index (χ1n) is 4.70. The lowest BCUT2D eigenvalue weighted by atomic mass is 10.0. The van der Waals surface area contributed by atoms with Gasteiger partial charge in [0.15, 0.2) is 0 Å². The van der Waals surface area contributed by atoms with Crippen LogP contribution in [-0.4, -0.2) is 7.05 Å². The van der Waals surface area contributed by atoms with Crippen molar-refractivity contribution in [3.63, 3.8) is 0 Å². The molecule has 0 aromatic heterocycles. The van der Waals surface area contributed by atoms with E-state index < -0.39 is 0 Å². The molecule has 1 rings (SSSR count). The molecule has 1 nitrogen and oxygen atoms in total. The van der Waals surface area contributed by atoms with Gasteiger partial charge in [0.05, 0.1) is 0 Å². The molecule has 0 saturated carbocycles. The summed E-state index contributed by atoms with van der Waals surface area (Å²) in [5.74, 6) is -0.171. The van der Waals surface area contributed by atoms with Crippen LogP contribution in [0, 0.1) is 5.82 Å². The number of benzene rings is 1. The molecule has 0 saturated heterocycles. The fourth-order valence-corrected chi connectivity index (χ4v) is 1.46. The van der Waals surface area contributed by atoms with E-state index in [1.54, 1.807) is 0 Å². The molecule has 0 aliphatic rings. The molecule has 1 atom stereocenters. The van der Waals surface area contributed by atoms with Crippen LogP contribution in [0.5, 0.6) is 0 Å². The Morgan fingerprint density at radius 2 is 1.92 bits per heavy atom. The molecule has 0 heterocycles. The maximum atomic E-state index is 12.6. The van der Waals surface area contributed by atoms with Gasteiger partial charge in [0, 0.05) is 6.04 Å². The van der Waals surface area contributed by atoms with Crippen molar-refractivity contribution in [2.75, 3.05) is 7.05 Å². The van der Waals surface area contributed by atoms with Crippen molar-refractivity contribution in [3.05, 3.63) is 35.6 Å². The van der Waals surface area contributed by atoms with E-state index >= 15 is 0 Å². The highest BCUT2D eigenvalue weighted by Gasteiger charge is 2.06. The molecule has 0 aliphatic carbocycles. The molecular formula is C11H16FN. The minimum absolute atomic E-state index is 0.171. The van der Waals surface area contributed by atoms with Crippen LogP contribution in [-0.2, 0) is 0 Å². The molecule has 1 aromatic rings. The van der Waals surface area contributed by atoms with E-state index in [4.69, 9.17) is 0 Å². The van der Waals surface area contributed by atoms with Crippen molar-refractivity contribution in [2.45, 2.75) is 25.8 Å². The van der Waals surface area contributed by atoms with Crippen molar-refractivity contribution in [1.82, 2.24) is 5.32 Å². The lowest BCUT2D eigenvalue weighted by Crippen LogP contribution is -2.15. The summed E-state index contributed by atoms with van der Waals surface area (Å²) in [6.45, 7) is 2.15. The van der Waals surface area contributed by atoms with Gasteiger partial charge in [-0.3, -0.25) is 0 Å². The summed E-state index contributed by atoms with van der Waals surface area (Å²) >= 11 is 0. The summed E-state index contributed by atoms with van der Waals surface area (Å²) in [6.07, 6.45) is 2.21. The van der Waals surface area contributed by atoms with Gasteiger partial charge in [0.2, 0.25) is 0 Å². The third-order valence-corrected chi connectivity index (χ3v) is 2.20. The van der Waals surface area contributed by atoms with Crippen LogP contribution in [0.2, 0.25) is 0 Å². The number of hydrogen-bond acceptors (Lipinski definition) is 1.